The largest absolute Gasteiger partial charge is 0.368 e. The van der Waals surface area contributed by atoms with Crippen molar-refractivity contribution >= 4 is 11.8 Å². The lowest BCUT2D eigenvalue weighted by molar-refractivity contribution is -0.139. The van der Waals surface area contributed by atoms with E-state index in [-0.39, 0.29) is 11.9 Å². The van der Waals surface area contributed by atoms with Crippen LogP contribution >= 0.6 is 0 Å². The molecule has 0 radical (unpaired) electrons. The van der Waals surface area contributed by atoms with Gasteiger partial charge in [0.2, 0.25) is 11.8 Å². The Hall–Kier alpha value is -1.14. The zero-order valence-corrected chi connectivity index (χ0v) is 16.6. The van der Waals surface area contributed by atoms with Crippen molar-refractivity contribution in [3.8, 4) is 0 Å². The van der Waals surface area contributed by atoms with Crippen molar-refractivity contribution in [3.63, 3.8) is 0 Å². The van der Waals surface area contributed by atoms with Gasteiger partial charge in [-0.25, -0.2) is 0 Å². The summed E-state index contributed by atoms with van der Waals surface area (Å²) in [7, 11) is 0. The lowest BCUT2D eigenvalue weighted by Crippen LogP contribution is -2.53. The van der Waals surface area contributed by atoms with Crippen LogP contribution in [0.4, 0.5) is 0 Å². The summed E-state index contributed by atoms with van der Waals surface area (Å²) < 4.78 is 8.90. The Morgan fingerprint density at radius 3 is 2.41 bits per heavy atom. The summed E-state index contributed by atoms with van der Waals surface area (Å²) in [6.07, 6.45) is 11.4. The van der Waals surface area contributed by atoms with E-state index in [1.807, 2.05) is 0 Å². The van der Waals surface area contributed by atoms with Crippen LogP contribution in [0.25, 0.3) is 0 Å². The van der Waals surface area contributed by atoms with E-state index in [9.17, 15) is 9.59 Å². The molecule has 5 N–H and O–H groups in total. The maximum Gasteiger partial charge on any atom is 0.240 e. The molecule has 1 aliphatic heterocycles. The number of hydrogen-bond acceptors (Lipinski definition) is 4. The minimum atomic E-state index is -0.613. The van der Waals surface area contributed by atoms with Gasteiger partial charge in [-0.2, -0.15) is 0 Å². The van der Waals surface area contributed by atoms with E-state index < -0.39 is 23.9 Å². The summed E-state index contributed by atoms with van der Waals surface area (Å²) in [5.74, 6) is -0.465. The maximum absolute atomic E-state index is 13.4. The number of amides is 2. The molecule has 3 aliphatic rings. The Balaban J connectivity index is 1.67. The molecule has 27 heavy (non-hydrogen) atoms. The molecule has 0 spiro atoms. The Labute approximate surface area is 165 Å². The normalized spacial score (nSPS) is 34.3. The van der Waals surface area contributed by atoms with Gasteiger partial charge in [-0.05, 0) is 76.1 Å². The molecule has 3 fully saturated rings. The van der Waals surface area contributed by atoms with Gasteiger partial charge in [0.25, 0.3) is 0 Å². The highest BCUT2D eigenvalue weighted by atomic mass is 16.2. The molecule has 6 heteroatoms. The first kappa shape index (κ1) is 19.2. The van der Waals surface area contributed by atoms with Gasteiger partial charge in [-0.15, -0.1) is 0 Å². The molecule has 1 saturated heterocycles. The van der Waals surface area contributed by atoms with Gasteiger partial charge >= 0.3 is 0 Å². The summed E-state index contributed by atoms with van der Waals surface area (Å²) in [6.45, 7) is 1.41. The van der Waals surface area contributed by atoms with Crippen molar-refractivity contribution in [2.45, 2.75) is 95.2 Å². The van der Waals surface area contributed by atoms with E-state index in [2.05, 4.69) is 5.32 Å². The maximum atomic E-state index is 13.4. The Morgan fingerprint density at radius 2 is 1.74 bits per heavy atom. The molecule has 0 unspecified atom stereocenters. The molecule has 1 heterocycles. The highest BCUT2D eigenvalue weighted by Gasteiger charge is 2.37. The van der Waals surface area contributed by atoms with Gasteiger partial charge in [-0.1, -0.05) is 19.3 Å². The topological polar surface area (TPSA) is 101 Å². The van der Waals surface area contributed by atoms with E-state index in [1.54, 1.807) is 4.90 Å². The monoisotopic (exact) mass is 379 g/mol. The first-order valence-electron chi connectivity index (χ1n) is 11.5. The third kappa shape index (κ3) is 5.67. The summed E-state index contributed by atoms with van der Waals surface area (Å²) in [4.78, 5) is 26.8. The first-order chi connectivity index (χ1) is 13.4. The second kappa shape index (κ2) is 9.87. The van der Waals surface area contributed by atoms with Crippen LogP contribution in [0.5, 0.6) is 0 Å². The second-order valence-electron chi connectivity index (χ2n) is 8.85. The van der Waals surface area contributed by atoms with Gasteiger partial charge in [-0.3, -0.25) is 9.59 Å². The lowest BCUT2D eigenvalue weighted by Gasteiger charge is -2.33. The number of carbonyl (C=O) groups is 2. The number of likely N-dealkylation sites (tertiary alicyclic amines) is 1. The van der Waals surface area contributed by atoms with Crippen LogP contribution in [0.1, 0.15) is 78.4 Å². The second-order valence-corrected chi connectivity index (χ2v) is 8.85. The zero-order valence-electron chi connectivity index (χ0n) is 17.6. The third-order valence-corrected chi connectivity index (χ3v) is 6.77. The smallest absolute Gasteiger partial charge is 0.240 e. The average molecular weight is 380 g/mol. The molecule has 154 valence electrons. The predicted molar refractivity (Wildman–Crippen MR) is 107 cm³/mol. The predicted octanol–water partition coefficient (Wildman–Crippen LogP) is 1.91. The van der Waals surface area contributed by atoms with Gasteiger partial charge < -0.3 is 21.7 Å². The molecule has 0 aromatic carbocycles. The van der Waals surface area contributed by atoms with Crippen LogP contribution in [-0.2, 0) is 9.59 Å². The molecular formula is C21H38N4O2. The van der Waals surface area contributed by atoms with E-state index in [0.717, 1.165) is 38.6 Å². The van der Waals surface area contributed by atoms with Crippen molar-refractivity contribution < 1.29 is 11.0 Å². The summed E-state index contributed by atoms with van der Waals surface area (Å²) in [5.41, 5.74) is 11.6. The number of nitrogens with one attached hydrogen (secondary N) is 1. The Morgan fingerprint density at radius 1 is 1.04 bits per heavy atom. The number of carbonyl (C=O) groups excluding carboxylic acids is 2. The highest BCUT2D eigenvalue weighted by Crippen LogP contribution is 2.29. The fourth-order valence-electron chi connectivity index (χ4n) is 5.01. The van der Waals surface area contributed by atoms with Crippen LogP contribution < -0.4 is 16.8 Å². The zero-order chi connectivity index (χ0) is 20.1. The third-order valence-electron chi connectivity index (χ3n) is 6.77. The van der Waals surface area contributed by atoms with Gasteiger partial charge in [0, 0.05) is 14.0 Å². The quantitative estimate of drug-likeness (QED) is 0.629. The van der Waals surface area contributed by atoms with Crippen molar-refractivity contribution in [2.75, 3.05) is 13.1 Å². The number of rotatable bonds is 7. The Bertz CT molecular complexity index is 545. The van der Waals surface area contributed by atoms with E-state index in [1.165, 1.54) is 32.1 Å². The number of nitrogens with zero attached hydrogens (tertiary/aromatic N) is 1. The molecule has 2 saturated carbocycles. The minimum Gasteiger partial charge on any atom is -0.368 e. The summed E-state index contributed by atoms with van der Waals surface area (Å²) in [5, 5.41) is 3.51. The van der Waals surface area contributed by atoms with Gasteiger partial charge in [0.05, 0.1) is 6.04 Å². The molecule has 6 nitrogen and oxygen atoms in total. The number of nitrogens with two attached hydrogens (primary N) is 2. The molecule has 2 amide bonds. The number of hydrogen-bond donors (Lipinski definition) is 3. The van der Waals surface area contributed by atoms with Gasteiger partial charge in [0.15, 0.2) is 0 Å². The van der Waals surface area contributed by atoms with E-state index in [4.69, 9.17) is 12.8 Å². The summed E-state index contributed by atoms with van der Waals surface area (Å²) >= 11 is 0. The van der Waals surface area contributed by atoms with Crippen LogP contribution in [0.2, 0.25) is 0 Å². The molecule has 3 rings (SSSR count). The van der Waals surface area contributed by atoms with Crippen LogP contribution in [0.3, 0.4) is 0 Å². The molecule has 0 aromatic heterocycles. The molecule has 2 atom stereocenters. The molecular weight excluding hydrogens is 340 g/mol. The standard InChI is InChI=1S/C21H38N4O2/c22-17-10-8-15(9-11-17)13-18(24-14-16-5-2-1-3-6-16)21(27)25-12-4-7-19(25)20(23)26/h15-19,24H,1-14,22H2,(H2,23,26)/t15?,17?,18-,19-/m0/s1/i15D. The summed E-state index contributed by atoms with van der Waals surface area (Å²) in [6, 6.07) is -0.720. The van der Waals surface area contributed by atoms with Crippen molar-refractivity contribution in [1.82, 2.24) is 10.2 Å². The molecule has 2 aliphatic carbocycles. The van der Waals surface area contributed by atoms with Crippen LogP contribution in [-0.4, -0.2) is 47.9 Å². The fourth-order valence-corrected chi connectivity index (χ4v) is 5.01. The van der Waals surface area contributed by atoms with Crippen molar-refractivity contribution in [1.29, 1.82) is 0 Å². The Kier molecular flexibility index (Phi) is 7.02. The SMILES string of the molecule is [2H]C1(C[C@H](NCC2CCCCC2)C(=O)N2CCC[C@H]2C(N)=O)CCC(N)CC1. The average Bonchev–Trinajstić information content (AvgIpc) is 3.18. The van der Waals surface area contributed by atoms with E-state index in [0.29, 0.717) is 25.3 Å². The fraction of sp³-hybridized carbons (Fsp3) is 0.905. The first-order valence-corrected chi connectivity index (χ1v) is 11.0. The van der Waals surface area contributed by atoms with Crippen molar-refractivity contribution in [3.05, 3.63) is 0 Å². The lowest BCUT2D eigenvalue weighted by atomic mass is 9.82. The minimum absolute atomic E-state index is 0.0430. The van der Waals surface area contributed by atoms with Crippen molar-refractivity contribution in [2.24, 2.45) is 23.3 Å². The highest BCUT2D eigenvalue weighted by molar-refractivity contribution is 5.89. The molecule has 0 bridgehead atoms. The molecule has 0 aromatic rings. The van der Waals surface area contributed by atoms with E-state index >= 15 is 0 Å². The van der Waals surface area contributed by atoms with Crippen LogP contribution in [0.15, 0.2) is 0 Å². The van der Waals surface area contributed by atoms with Crippen LogP contribution in [0, 0.1) is 11.8 Å². The number of primary amides is 1. The van der Waals surface area contributed by atoms with Gasteiger partial charge in [0.1, 0.15) is 6.04 Å².